The lowest BCUT2D eigenvalue weighted by Gasteiger charge is -2.19. The first-order valence-electron chi connectivity index (χ1n) is 5.96. The zero-order chi connectivity index (χ0) is 13.3. The van der Waals surface area contributed by atoms with E-state index in [0.717, 1.165) is 17.5 Å². The molecule has 2 rings (SSSR count). The fraction of sp³-hybridized carbons (Fsp3) is 0.462. The van der Waals surface area contributed by atoms with Crippen LogP contribution >= 0.6 is 0 Å². The van der Waals surface area contributed by atoms with Gasteiger partial charge in [0.25, 0.3) is 0 Å². The van der Waals surface area contributed by atoms with Gasteiger partial charge in [0, 0.05) is 20.5 Å². The molecule has 0 saturated carbocycles. The molecular weight excluding hydrogens is 250 g/mol. The third-order valence-corrected chi connectivity index (χ3v) is 5.17. The maximum absolute atomic E-state index is 11.9. The number of hydrogen-bond acceptors (Lipinski definition) is 3. The predicted octanol–water partition coefficient (Wildman–Crippen LogP) is 1.38. The molecule has 18 heavy (non-hydrogen) atoms. The van der Waals surface area contributed by atoms with Crippen molar-refractivity contribution in [3.63, 3.8) is 0 Å². The molecular formula is C13H17NO3S. The summed E-state index contributed by atoms with van der Waals surface area (Å²) in [6.45, 7) is 2.03. The van der Waals surface area contributed by atoms with E-state index in [1.165, 1.54) is 6.92 Å². The Kier molecular flexibility index (Phi) is 3.43. The Morgan fingerprint density at radius 3 is 2.78 bits per heavy atom. The minimum atomic E-state index is -3.08. The maximum atomic E-state index is 11.9. The second kappa shape index (κ2) is 4.72. The summed E-state index contributed by atoms with van der Waals surface area (Å²) in [5, 5.41) is 0. The Labute approximate surface area is 108 Å². The van der Waals surface area contributed by atoms with Gasteiger partial charge in [-0.15, -0.1) is 0 Å². The number of aryl methyl sites for hydroxylation is 1. The van der Waals surface area contributed by atoms with Gasteiger partial charge < -0.3 is 4.90 Å². The van der Waals surface area contributed by atoms with E-state index >= 15 is 0 Å². The average Bonchev–Trinajstić information content (AvgIpc) is 2.28. The van der Waals surface area contributed by atoms with Crippen molar-refractivity contribution in [1.82, 2.24) is 4.90 Å². The molecule has 1 aromatic carbocycles. The van der Waals surface area contributed by atoms with Gasteiger partial charge in [0.1, 0.15) is 0 Å². The molecule has 1 aliphatic rings. The fourth-order valence-electron chi connectivity index (χ4n) is 2.18. The van der Waals surface area contributed by atoms with Crippen molar-refractivity contribution in [2.45, 2.75) is 31.2 Å². The number of hydrogen-bond donors (Lipinski definition) is 0. The molecule has 4 nitrogen and oxygen atoms in total. The van der Waals surface area contributed by atoms with Crippen LogP contribution in [0.25, 0.3) is 0 Å². The standard InChI is InChI=1S/C13H17NO3S/c1-10(15)14(2)9-11-5-6-13-12(8-11)4-3-7-18(13,16)17/h5-6,8H,3-4,7,9H2,1-2H3. The molecule has 0 aliphatic carbocycles. The number of benzene rings is 1. The van der Waals surface area contributed by atoms with Gasteiger partial charge >= 0.3 is 0 Å². The Balaban J connectivity index is 2.31. The van der Waals surface area contributed by atoms with Crippen LogP contribution in [0.4, 0.5) is 0 Å². The normalized spacial score (nSPS) is 17.0. The van der Waals surface area contributed by atoms with Crippen molar-refractivity contribution in [2.75, 3.05) is 12.8 Å². The van der Waals surface area contributed by atoms with E-state index in [1.54, 1.807) is 24.1 Å². The first-order valence-corrected chi connectivity index (χ1v) is 7.61. The second-order valence-electron chi connectivity index (χ2n) is 4.74. The van der Waals surface area contributed by atoms with Gasteiger partial charge in [-0.2, -0.15) is 0 Å². The van der Waals surface area contributed by atoms with Crippen molar-refractivity contribution in [1.29, 1.82) is 0 Å². The van der Waals surface area contributed by atoms with E-state index in [2.05, 4.69) is 0 Å². The quantitative estimate of drug-likeness (QED) is 0.813. The molecule has 0 aromatic heterocycles. The lowest BCUT2D eigenvalue weighted by Crippen LogP contribution is -2.23. The molecule has 0 spiro atoms. The highest BCUT2D eigenvalue weighted by atomic mass is 32.2. The van der Waals surface area contributed by atoms with Crippen molar-refractivity contribution in [2.24, 2.45) is 0 Å². The third kappa shape index (κ3) is 2.56. The van der Waals surface area contributed by atoms with Crippen LogP contribution in [0.1, 0.15) is 24.5 Å². The van der Waals surface area contributed by atoms with Crippen molar-refractivity contribution < 1.29 is 13.2 Å². The molecule has 0 fully saturated rings. The Bertz CT molecular complexity index is 578. The molecule has 5 heteroatoms. The first-order chi connectivity index (χ1) is 8.40. The summed E-state index contributed by atoms with van der Waals surface area (Å²) in [5.41, 5.74) is 1.86. The third-order valence-electron chi connectivity index (χ3n) is 3.28. The monoisotopic (exact) mass is 267 g/mol. The molecule has 1 heterocycles. The summed E-state index contributed by atoms with van der Waals surface area (Å²) in [5.74, 6) is 0.243. The van der Waals surface area contributed by atoms with Gasteiger partial charge in [-0.05, 0) is 30.0 Å². The molecule has 0 N–H and O–H groups in total. The van der Waals surface area contributed by atoms with Gasteiger partial charge in [-0.3, -0.25) is 4.79 Å². The number of rotatable bonds is 2. The molecule has 0 unspecified atom stereocenters. The lowest BCUT2D eigenvalue weighted by atomic mass is 10.1. The van der Waals surface area contributed by atoms with Crippen LogP contribution in [0.2, 0.25) is 0 Å². The minimum absolute atomic E-state index is 0.000317. The summed E-state index contributed by atoms with van der Waals surface area (Å²) in [4.78, 5) is 13.2. The minimum Gasteiger partial charge on any atom is -0.342 e. The van der Waals surface area contributed by atoms with Crippen LogP contribution in [-0.4, -0.2) is 32.0 Å². The van der Waals surface area contributed by atoms with Crippen molar-refractivity contribution in [3.8, 4) is 0 Å². The largest absolute Gasteiger partial charge is 0.342 e. The molecule has 0 atom stereocenters. The van der Waals surface area contributed by atoms with Crippen molar-refractivity contribution in [3.05, 3.63) is 29.3 Å². The fourth-order valence-corrected chi connectivity index (χ4v) is 3.76. The molecule has 0 bridgehead atoms. The maximum Gasteiger partial charge on any atom is 0.219 e. The van der Waals surface area contributed by atoms with Gasteiger partial charge in [-0.25, -0.2) is 8.42 Å². The predicted molar refractivity (Wildman–Crippen MR) is 69.0 cm³/mol. The van der Waals surface area contributed by atoms with Crippen LogP contribution in [-0.2, 0) is 27.6 Å². The smallest absolute Gasteiger partial charge is 0.219 e. The zero-order valence-corrected chi connectivity index (χ0v) is 11.5. The Hall–Kier alpha value is -1.36. The van der Waals surface area contributed by atoms with Crippen LogP contribution in [0.3, 0.4) is 0 Å². The van der Waals surface area contributed by atoms with Crippen LogP contribution < -0.4 is 0 Å². The number of fused-ring (bicyclic) bond motifs is 1. The van der Waals surface area contributed by atoms with Crippen LogP contribution in [0, 0.1) is 0 Å². The highest BCUT2D eigenvalue weighted by molar-refractivity contribution is 7.91. The van der Waals surface area contributed by atoms with E-state index in [9.17, 15) is 13.2 Å². The average molecular weight is 267 g/mol. The molecule has 98 valence electrons. The first kappa shape index (κ1) is 13.1. The molecule has 0 radical (unpaired) electrons. The summed E-state index contributed by atoms with van der Waals surface area (Å²) >= 11 is 0. The summed E-state index contributed by atoms with van der Waals surface area (Å²) in [7, 11) is -1.35. The molecule has 0 saturated heterocycles. The van der Waals surface area contributed by atoms with Gasteiger partial charge in [0.05, 0.1) is 10.6 Å². The topological polar surface area (TPSA) is 54.5 Å². The van der Waals surface area contributed by atoms with E-state index in [4.69, 9.17) is 0 Å². The van der Waals surface area contributed by atoms with E-state index in [-0.39, 0.29) is 11.7 Å². The van der Waals surface area contributed by atoms with Gasteiger partial charge in [-0.1, -0.05) is 12.1 Å². The van der Waals surface area contributed by atoms with Crippen LogP contribution in [0.15, 0.2) is 23.1 Å². The second-order valence-corrected chi connectivity index (χ2v) is 6.82. The van der Waals surface area contributed by atoms with E-state index in [0.29, 0.717) is 17.9 Å². The summed E-state index contributed by atoms with van der Waals surface area (Å²) in [6, 6.07) is 5.37. The van der Waals surface area contributed by atoms with Gasteiger partial charge in [0.2, 0.25) is 5.91 Å². The zero-order valence-electron chi connectivity index (χ0n) is 10.6. The number of carbonyl (C=O) groups excluding carboxylic acids is 1. The summed E-state index contributed by atoms with van der Waals surface area (Å²) in [6.07, 6.45) is 1.48. The Morgan fingerprint density at radius 1 is 1.39 bits per heavy atom. The number of nitrogens with zero attached hydrogens (tertiary/aromatic N) is 1. The van der Waals surface area contributed by atoms with Crippen LogP contribution in [0.5, 0.6) is 0 Å². The number of sulfone groups is 1. The van der Waals surface area contributed by atoms with Gasteiger partial charge in [0.15, 0.2) is 9.84 Å². The highest BCUT2D eigenvalue weighted by Gasteiger charge is 2.23. The SMILES string of the molecule is CC(=O)N(C)Cc1ccc2c(c1)CCCS2(=O)=O. The van der Waals surface area contributed by atoms with E-state index < -0.39 is 9.84 Å². The number of carbonyl (C=O) groups is 1. The van der Waals surface area contributed by atoms with E-state index in [1.807, 2.05) is 6.07 Å². The lowest BCUT2D eigenvalue weighted by molar-refractivity contribution is -0.128. The molecule has 1 amide bonds. The molecule has 1 aromatic rings. The summed E-state index contributed by atoms with van der Waals surface area (Å²) < 4.78 is 23.7. The van der Waals surface area contributed by atoms with Crippen molar-refractivity contribution >= 4 is 15.7 Å². The Morgan fingerprint density at radius 2 is 2.11 bits per heavy atom. The molecule has 1 aliphatic heterocycles. The number of amides is 1. The highest BCUT2D eigenvalue weighted by Crippen LogP contribution is 2.26.